The summed E-state index contributed by atoms with van der Waals surface area (Å²) in [6.45, 7) is 0.566. The summed E-state index contributed by atoms with van der Waals surface area (Å²) in [5.74, 6) is 0. The second-order valence-corrected chi connectivity index (χ2v) is 2.45. The van der Waals surface area contributed by atoms with E-state index in [1.807, 2.05) is 24.3 Å². The smallest absolute Gasteiger partial charge is 0.134 e. The SMILES string of the molecule is Cl.NCc1cccc2occc12. The lowest BCUT2D eigenvalue weighted by molar-refractivity contribution is 0.615. The molecule has 0 bridgehead atoms. The molecule has 2 N–H and O–H groups in total. The quantitative estimate of drug-likeness (QED) is 0.737. The molecule has 0 aliphatic rings. The van der Waals surface area contributed by atoms with Crippen LogP contribution in [0.15, 0.2) is 34.9 Å². The first-order valence-corrected chi connectivity index (χ1v) is 3.57. The summed E-state index contributed by atoms with van der Waals surface area (Å²) in [4.78, 5) is 0. The van der Waals surface area contributed by atoms with E-state index >= 15 is 0 Å². The molecule has 2 nitrogen and oxygen atoms in total. The van der Waals surface area contributed by atoms with Crippen molar-refractivity contribution in [3.63, 3.8) is 0 Å². The third kappa shape index (κ3) is 1.31. The van der Waals surface area contributed by atoms with Gasteiger partial charge >= 0.3 is 0 Å². The standard InChI is InChI=1S/C9H9NO.ClH/c10-6-7-2-1-3-9-8(7)4-5-11-9;/h1-5H,6,10H2;1H. The number of fused-ring (bicyclic) bond motifs is 1. The summed E-state index contributed by atoms with van der Waals surface area (Å²) in [6, 6.07) is 7.85. The highest BCUT2D eigenvalue weighted by Crippen LogP contribution is 2.18. The highest BCUT2D eigenvalue weighted by atomic mass is 35.5. The maximum Gasteiger partial charge on any atom is 0.134 e. The minimum atomic E-state index is 0. The van der Waals surface area contributed by atoms with Crippen molar-refractivity contribution in [2.75, 3.05) is 0 Å². The minimum absolute atomic E-state index is 0. The van der Waals surface area contributed by atoms with Crippen LogP contribution in [0.5, 0.6) is 0 Å². The number of rotatable bonds is 1. The highest BCUT2D eigenvalue weighted by molar-refractivity contribution is 5.85. The van der Waals surface area contributed by atoms with Crippen LogP contribution in [0.1, 0.15) is 5.56 Å². The molecule has 0 saturated heterocycles. The molecule has 0 spiro atoms. The molecular weight excluding hydrogens is 174 g/mol. The lowest BCUT2D eigenvalue weighted by Gasteiger charge is -1.95. The molecule has 0 atom stereocenters. The van der Waals surface area contributed by atoms with Crippen LogP contribution in [0.4, 0.5) is 0 Å². The van der Waals surface area contributed by atoms with E-state index in [1.165, 1.54) is 0 Å². The van der Waals surface area contributed by atoms with Gasteiger partial charge in [0.2, 0.25) is 0 Å². The third-order valence-electron chi connectivity index (χ3n) is 1.81. The van der Waals surface area contributed by atoms with Crippen molar-refractivity contribution in [3.8, 4) is 0 Å². The average Bonchev–Trinajstić information content (AvgIpc) is 2.50. The van der Waals surface area contributed by atoms with Crippen molar-refractivity contribution in [3.05, 3.63) is 36.1 Å². The van der Waals surface area contributed by atoms with Crippen molar-refractivity contribution < 1.29 is 4.42 Å². The molecule has 0 unspecified atom stereocenters. The number of furan rings is 1. The topological polar surface area (TPSA) is 39.2 Å². The van der Waals surface area contributed by atoms with Crippen molar-refractivity contribution >= 4 is 23.4 Å². The zero-order valence-electron chi connectivity index (χ0n) is 6.49. The van der Waals surface area contributed by atoms with Crippen molar-refractivity contribution in [2.45, 2.75) is 6.54 Å². The van der Waals surface area contributed by atoms with Gasteiger partial charge < -0.3 is 10.2 Å². The van der Waals surface area contributed by atoms with Gasteiger partial charge in [-0.25, -0.2) is 0 Å². The van der Waals surface area contributed by atoms with E-state index in [4.69, 9.17) is 10.2 Å². The van der Waals surface area contributed by atoms with Gasteiger partial charge in [-0.05, 0) is 17.7 Å². The molecule has 0 aliphatic carbocycles. The summed E-state index contributed by atoms with van der Waals surface area (Å²) in [5, 5.41) is 1.12. The number of hydrogen-bond acceptors (Lipinski definition) is 2. The summed E-state index contributed by atoms with van der Waals surface area (Å²) in [7, 11) is 0. The van der Waals surface area contributed by atoms with Gasteiger partial charge in [0.25, 0.3) is 0 Å². The van der Waals surface area contributed by atoms with E-state index in [9.17, 15) is 0 Å². The molecule has 2 rings (SSSR count). The van der Waals surface area contributed by atoms with Gasteiger partial charge in [-0.15, -0.1) is 12.4 Å². The molecule has 1 aromatic heterocycles. The van der Waals surface area contributed by atoms with E-state index in [0.29, 0.717) is 6.54 Å². The predicted molar refractivity (Wildman–Crippen MR) is 51.4 cm³/mol. The molecule has 3 heteroatoms. The van der Waals surface area contributed by atoms with E-state index < -0.39 is 0 Å². The molecule has 1 aromatic carbocycles. The summed E-state index contributed by atoms with van der Waals surface area (Å²) < 4.78 is 5.20. The Morgan fingerprint density at radius 3 is 2.83 bits per heavy atom. The van der Waals surface area contributed by atoms with Gasteiger partial charge in [0.1, 0.15) is 5.58 Å². The van der Waals surface area contributed by atoms with Gasteiger partial charge in [0, 0.05) is 11.9 Å². The second-order valence-electron chi connectivity index (χ2n) is 2.45. The normalized spacial score (nSPS) is 9.75. The van der Waals surface area contributed by atoms with Crippen molar-refractivity contribution in [2.24, 2.45) is 5.73 Å². The van der Waals surface area contributed by atoms with Gasteiger partial charge in [0.15, 0.2) is 0 Å². The minimum Gasteiger partial charge on any atom is -0.464 e. The van der Waals surface area contributed by atoms with Crippen LogP contribution in [0, 0.1) is 0 Å². The molecule has 12 heavy (non-hydrogen) atoms. The predicted octanol–water partition coefficient (Wildman–Crippen LogP) is 2.31. The molecule has 0 fully saturated rings. The van der Waals surface area contributed by atoms with E-state index in [-0.39, 0.29) is 12.4 Å². The van der Waals surface area contributed by atoms with Gasteiger partial charge in [-0.2, -0.15) is 0 Å². The molecule has 0 saturated carbocycles. The Labute approximate surface area is 76.8 Å². The van der Waals surface area contributed by atoms with Gasteiger partial charge in [-0.3, -0.25) is 0 Å². The van der Waals surface area contributed by atoms with Crippen molar-refractivity contribution in [1.82, 2.24) is 0 Å². The summed E-state index contributed by atoms with van der Waals surface area (Å²) in [6.07, 6.45) is 1.68. The molecule has 1 heterocycles. The van der Waals surface area contributed by atoms with Crippen LogP contribution in [0.25, 0.3) is 11.0 Å². The van der Waals surface area contributed by atoms with Gasteiger partial charge in [0.05, 0.1) is 6.26 Å². The molecule has 0 aliphatic heterocycles. The Hall–Kier alpha value is -0.990. The van der Waals surface area contributed by atoms with E-state index in [0.717, 1.165) is 16.5 Å². The first-order chi connectivity index (χ1) is 5.42. The largest absolute Gasteiger partial charge is 0.464 e. The van der Waals surface area contributed by atoms with Gasteiger partial charge in [-0.1, -0.05) is 12.1 Å². The van der Waals surface area contributed by atoms with E-state index in [1.54, 1.807) is 6.26 Å². The first kappa shape index (κ1) is 9.10. The van der Waals surface area contributed by atoms with Crippen LogP contribution >= 0.6 is 12.4 Å². The van der Waals surface area contributed by atoms with Crippen LogP contribution in [-0.4, -0.2) is 0 Å². The Balaban J connectivity index is 0.000000720. The fourth-order valence-electron chi connectivity index (χ4n) is 1.23. The number of benzene rings is 1. The average molecular weight is 184 g/mol. The summed E-state index contributed by atoms with van der Waals surface area (Å²) in [5.41, 5.74) is 7.58. The van der Waals surface area contributed by atoms with Crippen LogP contribution in [0.2, 0.25) is 0 Å². The maximum atomic E-state index is 5.53. The Bertz CT molecular complexity index is 369. The van der Waals surface area contributed by atoms with Crippen molar-refractivity contribution in [1.29, 1.82) is 0 Å². The highest BCUT2D eigenvalue weighted by Gasteiger charge is 1.99. The monoisotopic (exact) mass is 183 g/mol. The first-order valence-electron chi connectivity index (χ1n) is 3.57. The zero-order chi connectivity index (χ0) is 7.68. The second kappa shape index (κ2) is 3.61. The molecular formula is C9H10ClNO. The fourth-order valence-corrected chi connectivity index (χ4v) is 1.23. The number of halogens is 1. The zero-order valence-corrected chi connectivity index (χ0v) is 7.30. The Kier molecular flexibility index (Phi) is 2.74. The maximum absolute atomic E-state index is 5.53. The molecule has 0 radical (unpaired) electrons. The molecule has 0 amide bonds. The fraction of sp³-hybridized carbons (Fsp3) is 0.111. The van der Waals surface area contributed by atoms with Crippen LogP contribution < -0.4 is 5.73 Å². The Morgan fingerprint density at radius 1 is 1.25 bits per heavy atom. The lowest BCUT2D eigenvalue weighted by Crippen LogP contribution is -1.95. The lowest BCUT2D eigenvalue weighted by atomic mass is 10.1. The molecule has 2 aromatic rings. The third-order valence-corrected chi connectivity index (χ3v) is 1.81. The summed E-state index contributed by atoms with van der Waals surface area (Å²) >= 11 is 0. The van der Waals surface area contributed by atoms with Crippen LogP contribution in [0.3, 0.4) is 0 Å². The Morgan fingerprint density at radius 2 is 2.08 bits per heavy atom. The van der Waals surface area contributed by atoms with E-state index in [2.05, 4.69) is 0 Å². The molecule has 64 valence electrons. The number of nitrogens with two attached hydrogens (primary N) is 1. The number of hydrogen-bond donors (Lipinski definition) is 1. The van der Waals surface area contributed by atoms with Crippen LogP contribution in [-0.2, 0) is 6.54 Å².